The molecule has 0 fully saturated rings. The Kier molecular flexibility index (Phi) is 4.12. The van der Waals surface area contributed by atoms with E-state index in [1.54, 1.807) is 12.1 Å². The van der Waals surface area contributed by atoms with Crippen molar-refractivity contribution in [1.82, 2.24) is 0 Å². The first-order valence-corrected chi connectivity index (χ1v) is 6.05. The van der Waals surface area contributed by atoms with Crippen molar-refractivity contribution in [2.24, 2.45) is 0 Å². The molecule has 5 nitrogen and oxygen atoms in total. The summed E-state index contributed by atoms with van der Waals surface area (Å²) < 4.78 is 11.1. The number of rotatable bonds is 5. The van der Waals surface area contributed by atoms with Gasteiger partial charge in [-0.15, -0.1) is 0 Å². The highest BCUT2D eigenvalue weighted by molar-refractivity contribution is 5.39. The molecule has 0 aliphatic carbocycles. The molecule has 0 aromatic heterocycles. The van der Waals surface area contributed by atoms with Crippen molar-refractivity contribution in [2.45, 2.75) is 5.79 Å². The minimum absolute atomic E-state index is 0.0305. The third kappa shape index (κ3) is 2.41. The number of nitro groups is 1. The quantitative estimate of drug-likeness (QED) is 0.477. The van der Waals surface area contributed by atoms with Crippen LogP contribution in [0.3, 0.4) is 0 Å². The maximum absolute atomic E-state index is 10.7. The molecule has 0 heterocycles. The first-order valence-electron chi connectivity index (χ1n) is 6.05. The minimum atomic E-state index is -1.07. The highest BCUT2D eigenvalue weighted by Crippen LogP contribution is 2.34. The number of hydrogen-bond donors (Lipinski definition) is 0. The van der Waals surface area contributed by atoms with Crippen molar-refractivity contribution in [2.75, 3.05) is 14.2 Å². The number of ether oxygens (including phenoxy) is 2. The number of non-ortho nitro benzene ring substituents is 1. The van der Waals surface area contributed by atoms with E-state index in [1.807, 2.05) is 30.3 Å². The van der Waals surface area contributed by atoms with E-state index < -0.39 is 10.7 Å². The summed E-state index contributed by atoms with van der Waals surface area (Å²) in [6.07, 6.45) is 0. The molecule has 0 bridgehead atoms. The molecule has 0 radical (unpaired) electrons. The standard InChI is InChI=1S/C15H15NO4/c1-19-15(20-2,12-6-4-3-5-7-12)13-8-10-14(11-9-13)16(17)18/h3-11H,1-2H3. The smallest absolute Gasteiger partial charge is 0.269 e. The molecule has 2 aromatic carbocycles. The van der Waals surface area contributed by atoms with Gasteiger partial charge >= 0.3 is 0 Å². The van der Waals surface area contributed by atoms with Gasteiger partial charge in [0.1, 0.15) is 0 Å². The Labute approximate surface area is 116 Å². The topological polar surface area (TPSA) is 61.6 Å². The van der Waals surface area contributed by atoms with Crippen molar-refractivity contribution in [3.05, 3.63) is 75.8 Å². The van der Waals surface area contributed by atoms with Crippen molar-refractivity contribution < 1.29 is 14.4 Å². The summed E-state index contributed by atoms with van der Waals surface area (Å²) >= 11 is 0. The van der Waals surface area contributed by atoms with E-state index in [9.17, 15) is 10.1 Å². The van der Waals surface area contributed by atoms with Crippen LogP contribution < -0.4 is 0 Å². The van der Waals surface area contributed by atoms with Gasteiger partial charge in [-0.05, 0) is 12.1 Å². The number of nitrogens with zero attached hydrogens (tertiary/aromatic N) is 1. The Morgan fingerprint density at radius 2 is 1.40 bits per heavy atom. The number of nitro benzene ring substituents is 1. The maximum Gasteiger partial charge on any atom is 0.269 e. The molecule has 2 aromatic rings. The lowest BCUT2D eigenvalue weighted by molar-refractivity contribution is -0.384. The summed E-state index contributed by atoms with van der Waals surface area (Å²) in [7, 11) is 3.08. The second-order valence-electron chi connectivity index (χ2n) is 4.19. The van der Waals surface area contributed by atoms with Crippen LogP contribution in [-0.4, -0.2) is 19.1 Å². The second-order valence-corrected chi connectivity index (χ2v) is 4.19. The molecule has 0 N–H and O–H groups in total. The average Bonchev–Trinajstić information content (AvgIpc) is 2.51. The fraction of sp³-hybridized carbons (Fsp3) is 0.200. The largest absolute Gasteiger partial charge is 0.346 e. The van der Waals surface area contributed by atoms with Gasteiger partial charge in [-0.3, -0.25) is 10.1 Å². The SMILES string of the molecule is COC(OC)(c1ccccc1)c1ccc([N+](=O)[O-])cc1. The van der Waals surface area contributed by atoms with E-state index in [0.29, 0.717) is 5.56 Å². The Morgan fingerprint density at radius 1 is 0.900 bits per heavy atom. The van der Waals surface area contributed by atoms with Crippen LogP contribution in [0.15, 0.2) is 54.6 Å². The van der Waals surface area contributed by atoms with Gasteiger partial charge in [-0.25, -0.2) is 0 Å². The van der Waals surface area contributed by atoms with Crippen LogP contribution in [0.5, 0.6) is 0 Å². The molecule has 0 spiro atoms. The molecule has 0 amide bonds. The van der Waals surface area contributed by atoms with E-state index in [-0.39, 0.29) is 5.69 Å². The van der Waals surface area contributed by atoms with E-state index in [4.69, 9.17) is 9.47 Å². The Morgan fingerprint density at radius 3 is 1.85 bits per heavy atom. The monoisotopic (exact) mass is 273 g/mol. The second kappa shape index (κ2) is 5.81. The van der Waals surface area contributed by atoms with Gasteiger partial charge in [0, 0.05) is 37.5 Å². The predicted molar refractivity (Wildman–Crippen MR) is 74.3 cm³/mol. The highest BCUT2D eigenvalue weighted by Gasteiger charge is 2.34. The van der Waals surface area contributed by atoms with Crippen molar-refractivity contribution in [3.63, 3.8) is 0 Å². The fourth-order valence-corrected chi connectivity index (χ4v) is 2.18. The van der Waals surface area contributed by atoms with Crippen LogP contribution in [0.25, 0.3) is 0 Å². The molecule has 0 aliphatic heterocycles. The van der Waals surface area contributed by atoms with E-state index in [1.165, 1.54) is 26.4 Å². The zero-order valence-electron chi connectivity index (χ0n) is 11.3. The predicted octanol–water partition coefficient (Wildman–Crippen LogP) is 3.09. The summed E-state index contributed by atoms with van der Waals surface area (Å²) in [4.78, 5) is 10.3. The Bertz CT molecular complexity index is 577. The summed E-state index contributed by atoms with van der Waals surface area (Å²) in [5.41, 5.74) is 1.54. The molecule has 5 heteroatoms. The molecule has 0 aliphatic rings. The lowest BCUT2D eigenvalue weighted by atomic mass is 9.97. The lowest BCUT2D eigenvalue weighted by Crippen LogP contribution is -2.32. The van der Waals surface area contributed by atoms with Gasteiger partial charge in [0.15, 0.2) is 0 Å². The molecule has 104 valence electrons. The van der Waals surface area contributed by atoms with Gasteiger partial charge in [0.25, 0.3) is 5.69 Å². The van der Waals surface area contributed by atoms with Gasteiger partial charge < -0.3 is 9.47 Å². The lowest BCUT2D eigenvalue weighted by Gasteiger charge is -2.31. The summed E-state index contributed by atoms with van der Waals surface area (Å²) in [5, 5.41) is 10.7. The van der Waals surface area contributed by atoms with E-state index in [0.717, 1.165) is 5.56 Å². The third-order valence-electron chi connectivity index (χ3n) is 3.19. The normalized spacial score (nSPS) is 11.3. The van der Waals surface area contributed by atoms with E-state index >= 15 is 0 Å². The number of hydrogen-bond acceptors (Lipinski definition) is 4. The Balaban J connectivity index is 2.50. The van der Waals surface area contributed by atoms with Gasteiger partial charge in [-0.2, -0.15) is 0 Å². The third-order valence-corrected chi connectivity index (χ3v) is 3.19. The Hall–Kier alpha value is -2.24. The van der Waals surface area contributed by atoms with Gasteiger partial charge in [-0.1, -0.05) is 30.3 Å². The molecule has 20 heavy (non-hydrogen) atoms. The zero-order valence-corrected chi connectivity index (χ0v) is 11.3. The van der Waals surface area contributed by atoms with Crippen LogP contribution in [0, 0.1) is 10.1 Å². The molecule has 0 saturated heterocycles. The van der Waals surface area contributed by atoms with Gasteiger partial charge in [0.05, 0.1) is 4.92 Å². The van der Waals surface area contributed by atoms with Crippen LogP contribution in [0.2, 0.25) is 0 Å². The zero-order chi connectivity index (χ0) is 14.6. The summed E-state index contributed by atoms with van der Waals surface area (Å²) in [6, 6.07) is 15.6. The van der Waals surface area contributed by atoms with Crippen molar-refractivity contribution in [1.29, 1.82) is 0 Å². The first kappa shape index (κ1) is 14.2. The molecular formula is C15H15NO4. The maximum atomic E-state index is 10.7. The fourth-order valence-electron chi connectivity index (χ4n) is 2.18. The molecule has 0 unspecified atom stereocenters. The van der Waals surface area contributed by atoms with Gasteiger partial charge in [0.2, 0.25) is 5.79 Å². The molecule has 0 saturated carbocycles. The van der Waals surface area contributed by atoms with Crippen molar-refractivity contribution in [3.8, 4) is 0 Å². The summed E-state index contributed by atoms with van der Waals surface area (Å²) in [5.74, 6) is -1.07. The van der Waals surface area contributed by atoms with Crippen LogP contribution in [0.4, 0.5) is 5.69 Å². The minimum Gasteiger partial charge on any atom is -0.346 e. The number of methoxy groups -OCH3 is 2. The molecule has 0 atom stereocenters. The molecule has 2 rings (SSSR count). The highest BCUT2D eigenvalue weighted by atomic mass is 16.7. The van der Waals surface area contributed by atoms with Crippen LogP contribution >= 0.6 is 0 Å². The van der Waals surface area contributed by atoms with E-state index in [2.05, 4.69) is 0 Å². The average molecular weight is 273 g/mol. The van der Waals surface area contributed by atoms with Crippen molar-refractivity contribution >= 4 is 5.69 Å². The first-order chi connectivity index (χ1) is 9.64. The summed E-state index contributed by atoms with van der Waals surface area (Å²) in [6.45, 7) is 0. The molecular weight excluding hydrogens is 258 g/mol. The number of benzene rings is 2. The van der Waals surface area contributed by atoms with Crippen LogP contribution in [-0.2, 0) is 15.3 Å². The van der Waals surface area contributed by atoms with Crippen LogP contribution in [0.1, 0.15) is 11.1 Å².